The van der Waals surface area contributed by atoms with Gasteiger partial charge in [-0.3, -0.25) is 4.98 Å². The molecular weight excluding hydrogens is 198 g/mol. The van der Waals surface area contributed by atoms with Crippen LogP contribution in [0.1, 0.15) is 5.56 Å². The minimum absolute atomic E-state index is 0.744. The van der Waals surface area contributed by atoms with Gasteiger partial charge < -0.3 is 4.74 Å². The summed E-state index contributed by atoms with van der Waals surface area (Å²) in [4.78, 5) is 4.30. The zero-order valence-corrected chi connectivity index (χ0v) is 8.80. The lowest BCUT2D eigenvalue weighted by atomic mass is 10.1. The average Bonchev–Trinajstić information content (AvgIpc) is 2.23. The van der Waals surface area contributed by atoms with E-state index in [1.54, 1.807) is 13.3 Å². The lowest BCUT2D eigenvalue weighted by Crippen LogP contribution is -1.89. The van der Waals surface area contributed by atoms with Gasteiger partial charge in [-0.1, -0.05) is 23.7 Å². The highest BCUT2D eigenvalue weighted by Crippen LogP contribution is 2.30. The van der Waals surface area contributed by atoms with E-state index in [9.17, 15) is 0 Å². The molecule has 0 bridgehead atoms. The number of aromatic nitrogens is 1. The Hall–Kier alpha value is -1.28. The molecule has 1 aromatic heterocycles. The number of aryl methyl sites for hydroxylation is 1. The first kappa shape index (κ1) is 9.28. The van der Waals surface area contributed by atoms with Crippen LogP contribution >= 0.6 is 11.6 Å². The molecule has 0 N–H and O–H groups in total. The Morgan fingerprint density at radius 3 is 2.86 bits per heavy atom. The third-order valence-corrected chi connectivity index (χ3v) is 2.69. The molecule has 1 heterocycles. The molecule has 0 amide bonds. The van der Waals surface area contributed by atoms with Crippen molar-refractivity contribution in [2.45, 2.75) is 6.92 Å². The molecular formula is C11H10ClNO. The second kappa shape index (κ2) is 3.46. The predicted octanol–water partition coefficient (Wildman–Crippen LogP) is 3.21. The molecule has 72 valence electrons. The minimum Gasteiger partial charge on any atom is -0.494 e. The quantitative estimate of drug-likeness (QED) is 0.717. The molecule has 0 atom stereocenters. The van der Waals surface area contributed by atoms with Crippen LogP contribution in [0.5, 0.6) is 5.75 Å². The maximum Gasteiger partial charge on any atom is 0.145 e. The molecule has 0 fully saturated rings. The second-order valence-corrected chi connectivity index (χ2v) is 3.49. The maximum absolute atomic E-state index is 6.16. The molecule has 0 aliphatic rings. The number of benzene rings is 1. The molecule has 1 aromatic carbocycles. The summed E-state index contributed by atoms with van der Waals surface area (Å²) in [7, 11) is 1.63. The number of ether oxygens (including phenoxy) is 1. The molecule has 2 nitrogen and oxygen atoms in total. The largest absolute Gasteiger partial charge is 0.494 e. The summed E-state index contributed by atoms with van der Waals surface area (Å²) in [6.45, 7) is 1.94. The van der Waals surface area contributed by atoms with Gasteiger partial charge in [0.05, 0.1) is 12.1 Å². The van der Waals surface area contributed by atoms with Crippen LogP contribution < -0.4 is 4.74 Å². The van der Waals surface area contributed by atoms with E-state index in [0.29, 0.717) is 0 Å². The number of hydrogen-bond acceptors (Lipinski definition) is 2. The van der Waals surface area contributed by atoms with E-state index < -0.39 is 0 Å². The van der Waals surface area contributed by atoms with Crippen molar-refractivity contribution in [1.29, 1.82) is 0 Å². The van der Waals surface area contributed by atoms with E-state index in [1.807, 2.05) is 25.1 Å². The van der Waals surface area contributed by atoms with Gasteiger partial charge in [0, 0.05) is 11.6 Å². The number of rotatable bonds is 1. The third-order valence-electron chi connectivity index (χ3n) is 2.19. The van der Waals surface area contributed by atoms with Gasteiger partial charge in [0.25, 0.3) is 0 Å². The number of pyridine rings is 1. The molecule has 2 rings (SSSR count). The number of methoxy groups -OCH3 is 1. The van der Waals surface area contributed by atoms with E-state index in [2.05, 4.69) is 4.98 Å². The summed E-state index contributed by atoms with van der Waals surface area (Å²) in [6, 6.07) is 5.73. The van der Waals surface area contributed by atoms with Gasteiger partial charge in [0.1, 0.15) is 11.3 Å². The van der Waals surface area contributed by atoms with Crippen molar-refractivity contribution >= 4 is 22.5 Å². The predicted molar refractivity (Wildman–Crippen MR) is 58.0 cm³/mol. The monoisotopic (exact) mass is 207 g/mol. The zero-order chi connectivity index (χ0) is 10.1. The fraction of sp³-hybridized carbons (Fsp3) is 0.182. The number of halogens is 1. The van der Waals surface area contributed by atoms with Gasteiger partial charge in [-0.15, -0.1) is 0 Å². The average molecular weight is 208 g/mol. The first-order valence-electron chi connectivity index (χ1n) is 4.32. The van der Waals surface area contributed by atoms with Gasteiger partial charge in [0.2, 0.25) is 0 Å². The lowest BCUT2D eigenvalue weighted by Gasteiger charge is -2.06. The molecule has 2 aromatic rings. The first-order valence-corrected chi connectivity index (χ1v) is 4.69. The van der Waals surface area contributed by atoms with Crippen LogP contribution in [0, 0.1) is 6.92 Å². The number of nitrogens with zero attached hydrogens (tertiary/aromatic N) is 1. The van der Waals surface area contributed by atoms with Gasteiger partial charge >= 0.3 is 0 Å². The van der Waals surface area contributed by atoms with Crippen molar-refractivity contribution in [2.75, 3.05) is 7.11 Å². The van der Waals surface area contributed by atoms with Crippen molar-refractivity contribution in [2.24, 2.45) is 0 Å². The molecule has 0 aliphatic heterocycles. The van der Waals surface area contributed by atoms with E-state index in [0.717, 1.165) is 27.2 Å². The number of fused-ring (bicyclic) bond motifs is 1. The summed E-state index contributed by atoms with van der Waals surface area (Å²) in [5, 5.41) is 1.68. The van der Waals surface area contributed by atoms with Gasteiger partial charge in [-0.25, -0.2) is 0 Å². The van der Waals surface area contributed by atoms with E-state index in [-0.39, 0.29) is 0 Å². The van der Waals surface area contributed by atoms with Crippen LogP contribution in [0.15, 0.2) is 24.4 Å². The first-order chi connectivity index (χ1) is 6.74. The molecule has 0 spiro atoms. The Labute approximate surface area is 87.5 Å². The smallest absolute Gasteiger partial charge is 0.145 e. The van der Waals surface area contributed by atoms with Crippen LogP contribution in [0.4, 0.5) is 0 Å². The summed E-state index contributed by atoms with van der Waals surface area (Å²) in [6.07, 6.45) is 1.76. The van der Waals surface area contributed by atoms with Gasteiger partial charge in [0.15, 0.2) is 0 Å². The summed E-state index contributed by atoms with van der Waals surface area (Å²) >= 11 is 6.16. The minimum atomic E-state index is 0.744. The van der Waals surface area contributed by atoms with E-state index in [1.165, 1.54) is 0 Å². The lowest BCUT2D eigenvalue weighted by molar-refractivity contribution is 0.419. The van der Waals surface area contributed by atoms with Crippen LogP contribution in [-0.2, 0) is 0 Å². The highest BCUT2D eigenvalue weighted by Gasteiger charge is 2.06. The van der Waals surface area contributed by atoms with Crippen LogP contribution in [0.2, 0.25) is 5.02 Å². The highest BCUT2D eigenvalue weighted by atomic mass is 35.5. The van der Waals surface area contributed by atoms with E-state index in [4.69, 9.17) is 16.3 Å². The maximum atomic E-state index is 6.16. The normalized spacial score (nSPS) is 10.5. The molecule has 14 heavy (non-hydrogen) atoms. The summed E-state index contributed by atoms with van der Waals surface area (Å²) < 4.78 is 5.20. The molecule has 0 saturated heterocycles. The molecule has 3 heteroatoms. The Morgan fingerprint density at radius 2 is 2.14 bits per heavy atom. The van der Waals surface area contributed by atoms with Crippen molar-refractivity contribution in [3.8, 4) is 5.75 Å². The number of para-hydroxylation sites is 1. The summed E-state index contributed by atoms with van der Waals surface area (Å²) in [5.41, 5.74) is 1.79. The SMILES string of the molecule is COc1cccc2c(Cl)c(C)cnc12. The standard InChI is InChI=1S/C11H10ClNO/c1-7-6-13-11-8(10(7)12)4-3-5-9(11)14-2/h3-6H,1-2H3. The topological polar surface area (TPSA) is 22.1 Å². The van der Waals surface area contributed by atoms with Crippen molar-refractivity contribution in [1.82, 2.24) is 4.98 Å². The van der Waals surface area contributed by atoms with Crippen molar-refractivity contribution < 1.29 is 4.74 Å². The van der Waals surface area contributed by atoms with E-state index >= 15 is 0 Å². The fourth-order valence-electron chi connectivity index (χ4n) is 1.43. The fourth-order valence-corrected chi connectivity index (χ4v) is 1.63. The Balaban J connectivity index is 2.86. The Morgan fingerprint density at radius 1 is 1.36 bits per heavy atom. The van der Waals surface area contributed by atoms with Crippen LogP contribution in [0.25, 0.3) is 10.9 Å². The van der Waals surface area contributed by atoms with Crippen LogP contribution in [0.3, 0.4) is 0 Å². The van der Waals surface area contributed by atoms with Crippen molar-refractivity contribution in [3.05, 3.63) is 35.0 Å². The van der Waals surface area contributed by atoms with Gasteiger partial charge in [-0.05, 0) is 18.6 Å². The van der Waals surface area contributed by atoms with Gasteiger partial charge in [-0.2, -0.15) is 0 Å². The second-order valence-electron chi connectivity index (χ2n) is 3.11. The molecule has 0 radical (unpaired) electrons. The van der Waals surface area contributed by atoms with Crippen molar-refractivity contribution in [3.63, 3.8) is 0 Å². The Kier molecular flexibility index (Phi) is 2.30. The summed E-state index contributed by atoms with van der Waals surface area (Å²) in [5.74, 6) is 0.754. The highest BCUT2D eigenvalue weighted by molar-refractivity contribution is 6.36. The molecule has 0 saturated carbocycles. The zero-order valence-electron chi connectivity index (χ0n) is 8.04. The Bertz CT molecular complexity index is 482. The molecule has 0 aliphatic carbocycles. The molecule has 0 unspecified atom stereocenters. The third kappa shape index (κ3) is 1.32. The van der Waals surface area contributed by atoms with Crippen LogP contribution in [-0.4, -0.2) is 12.1 Å². The number of hydrogen-bond donors (Lipinski definition) is 0.